The quantitative estimate of drug-likeness (QED) is 0.725. The van der Waals surface area contributed by atoms with Crippen LogP contribution in [0.1, 0.15) is 19.8 Å². The Balaban J connectivity index is 2.51. The number of nitrogens with two attached hydrogens (primary N) is 1. The van der Waals surface area contributed by atoms with Crippen LogP contribution in [0.3, 0.4) is 0 Å². The summed E-state index contributed by atoms with van der Waals surface area (Å²) in [6.07, 6.45) is 3.03. The van der Waals surface area contributed by atoms with Crippen LogP contribution in [0.2, 0.25) is 0 Å². The number of thioether (sulfide) groups is 1. The van der Waals surface area contributed by atoms with Gasteiger partial charge in [-0.3, -0.25) is 4.79 Å². The normalized spacial score (nSPS) is 28.9. The minimum Gasteiger partial charge on any atom is -0.349 e. The summed E-state index contributed by atoms with van der Waals surface area (Å²) in [7, 11) is -3.00. The fourth-order valence-corrected chi connectivity index (χ4v) is 4.46. The minimum absolute atomic E-state index is 0.0149. The lowest BCUT2D eigenvalue weighted by Gasteiger charge is -2.25. The van der Waals surface area contributed by atoms with Gasteiger partial charge in [0.25, 0.3) is 0 Å². The summed E-state index contributed by atoms with van der Waals surface area (Å²) in [4.78, 5) is 11.8. The highest BCUT2D eigenvalue weighted by molar-refractivity contribution is 7.98. The third-order valence-corrected chi connectivity index (χ3v) is 5.45. The lowest BCUT2D eigenvalue weighted by Crippen LogP contribution is -2.52. The fourth-order valence-electron chi connectivity index (χ4n) is 1.88. The predicted molar refractivity (Wildman–Crippen MR) is 70.8 cm³/mol. The maximum atomic E-state index is 11.8. The van der Waals surface area contributed by atoms with Crippen molar-refractivity contribution in [1.82, 2.24) is 5.32 Å². The Morgan fingerprint density at radius 3 is 2.71 bits per heavy atom. The number of rotatable bonds is 5. The second-order valence-corrected chi connectivity index (χ2v) is 7.95. The molecule has 0 spiro atoms. The largest absolute Gasteiger partial charge is 0.349 e. The fraction of sp³-hybridized carbons (Fsp3) is 0.900. The molecule has 0 saturated carbocycles. The molecule has 0 aromatic heterocycles. The summed E-state index contributed by atoms with van der Waals surface area (Å²) in [5.74, 6) is 0.729. The maximum Gasteiger partial charge on any atom is 0.237 e. The number of carbonyl (C=O) groups excluding carboxylic acids is 1. The Morgan fingerprint density at radius 2 is 2.24 bits per heavy atom. The van der Waals surface area contributed by atoms with Gasteiger partial charge in [0.15, 0.2) is 9.84 Å². The molecule has 100 valence electrons. The van der Waals surface area contributed by atoms with E-state index >= 15 is 0 Å². The molecule has 1 heterocycles. The van der Waals surface area contributed by atoms with E-state index in [2.05, 4.69) is 5.32 Å². The molecule has 0 bridgehead atoms. The van der Waals surface area contributed by atoms with Crippen molar-refractivity contribution in [2.45, 2.75) is 31.3 Å². The molecule has 1 fully saturated rings. The molecule has 1 saturated heterocycles. The van der Waals surface area contributed by atoms with Gasteiger partial charge in [0.05, 0.1) is 23.1 Å². The SMILES string of the molecule is CSCC[C@H](N)C(=O)NC1(C)CCS(=O)(=O)C1. The summed E-state index contributed by atoms with van der Waals surface area (Å²) in [5.41, 5.74) is 5.09. The summed E-state index contributed by atoms with van der Waals surface area (Å²) >= 11 is 1.63. The zero-order valence-electron chi connectivity index (χ0n) is 10.2. The first-order valence-corrected chi connectivity index (χ1v) is 8.76. The summed E-state index contributed by atoms with van der Waals surface area (Å²) < 4.78 is 22.8. The first kappa shape index (κ1) is 14.8. The van der Waals surface area contributed by atoms with Crippen molar-refractivity contribution in [3.63, 3.8) is 0 Å². The third-order valence-electron chi connectivity index (χ3n) is 2.90. The zero-order chi connectivity index (χ0) is 13.1. The van der Waals surface area contributed by atoms with Crippen molar-refractivity contribution in [3.05, 3.63) is 0 Å². The lowest BCUT2D eigenvalue weighted by molar-refractivity contribution is -0.123. The standard InChI is InChI=1S/C10H20N2O3S2/c1-10(4-6-17(14,15)7-10)12-9(13)8(11)3-5-16-2/h8H,3-7,11H2,1-2H3,(H,12,13)/t8-,10?/m0/s1. The van der Waals surface area contributed by atoms with Crippen molar-refractivity contribution in [2.75, 3.05) is 23.5 Å². The second-order valence-electron chi connectivity index (χ2n) is 4.78. The van der Waals surface area contributed by atoms with E-state index in [9.17, 15) is 13.2 Å². The van der Waals surface area contributed by atoms with Crippen molar-refractivity contribution in [1.29, 1.82) is 0 Å². The topological polar surface area (TPSA) is 89.3 Å². The molecule has 7 heteroatoms. The molecule has 0 radical (unpaired) electrons. The van der Waals surface area contributed by atoms with Crippen LogP contribution >= 0.6 is 11.8 Å². The van der Waals surface area contributed by atoms with Crippen LogP contribution in [0.15, 0.2) is 0 Å². The van der Waals surface area contributed by atoms with Crippen molar-refractivity contribution < 1.29 is 13.2 Å². The molecule has 0 aliphatic carbocycles. The van der Waals surface area contributed by atoms with Gasteiger partial charge < -0.3 is 11.1 Å². The molecule has 5 nitrogen and oxygen atoms in total. The van der Waals surface area contributed by atoms with E-state index in [1.165, 1.54) is 0 Å². The molecule has 1 rings (SSSR count). The van der Waals surface area contributed by atoms with Gasteiger partial charge in [-0.05, 0) is 31.8 Å². The molecule has 17 heavy (non-hydrogen) atoms. The van der Waals surface area contributed by atoms with E-state index in [0.29, 0.717) is 12.8 Å². The smallest absolute Gasteiger partial charge is 0.237 e. The maximum absolute atomic E-state index is 11.8. The molecule has 1 amide bonds. The Hall–Kier alpha value is -0.270. The van der Waals surface area contributed by atoms with Crippen LogP contribution in [0.5, 0.6) is 0 Å². The van der Waals surface area contributed by atoms with Crippen LogP contribution in [-0.2, 0) is 14.6 Å². The molecule has 3 N–H and O–H groups in total. The van der Waals surface area contributed by atoms with Crippen LogP contribution in [0.25, 0.3) is 0 Å². The van der Waals surface area contributed by atoms with Crippen LogP contribution in [0.4, 0.5) is 0 Å². The molecule has 1 aliphatic heterocycles. The van der Waals surface area contributed by atoms with Gasteiger partial charge in [0, 0.05) is 0 Å². The van der Waals surface area contributed by atoms with E-state index in [1.54, 1.807) is 18.7 Å². The average Bonchev–Trinajstić information content (AvgIpc) is 2.49. The Labute approximate surface area is 107 Å². The molecule has 0 aromatic carbocycles. The zero-order valence-corrected chi connectivity index (χ0v) is 11.9. The van der Waals surface area contributed by atoms with Gasteiger partial charge >= 0.3 is 0 Å². The molecule has 2 atom stereocenters. The first-order chi connectivity index (χ1) is 7.78. The lowest BCUT2D eigenvalue weighted by atomic mass is 10.0. The highest BCUT2D eigenvalue weighted by Crippen LogP contribution is 2.22. The Bertz CT molecular complexity index is 383. The van der Waals surface area contributed by atoms with Crippen molar-refractivity contribution in [2.24, 2.45) is 5.73 Å². The van der Waals surface area contributed by atoms with E-state index in [0.717, 1.165) is 5.75 Å². The van der Waals surface area contributed by atoms with Gasteiger partial charge in [-0.2, -0.15) is 11.8 Å². The van der Waals surface area contributed by atoms with E-state index < -0.39 is 21.4 Å². The number of carbonyl (C=O) groups is 1. The van der Waals surface area contributed by atoms with Crippen molar-refractivity contribution >= 4 is 27.5 Å². The van der Waals surface area contributed by atoms with Crippen LogP contribution in [0, 0.1) is 0 Å². The van der Waals surface area contributed by atoms with E-state index in [1.807, 2.05) is 6.26 Å². The molecular formula is C10H20N2O3S2. The Morgan fingerprint density at radius 1 is 1.59 bits per heavy atom. The Kier molecular flexibility index (Phi) is 4.86. The monoisotopic (exact) mass is 280 g/mol. The molecule has 1 aliphatic rings. The van der Waals surface area contributed by atoms with Crippen LogP contribution in [-0.4, -0.2) is 49.4 Å². The van der Waals surface area contributed by atoms with Gasteiger partial charge in [-0.15, -0.1) is 0 Å². The van der Waals surface area contributed by atoms with E-state index in [-0.39, 0.29) is 17.4 Å². The average molecular weight is 280 g/mol. The minimum atomic E-state index is -3.00. The molecular weight excluding hydrogens is 260 g/mol. The third kappa shape index (κ3) is 4.48. The highest BCUT2D eigenvalue weighted by Gasteiger charge is 2.39. The van der Waals surface area contributed by atoms with Gasteiger partial charge in [-0.1, -0.05) is 0 Å². The molecule has 0 aromatic rings. The van der Waals surface area contributed by atoms with Crippen LogP contribution < -0.4 is 11.1 Å². The van der Waals surface area contributed by atoms with Gasteiger partial charge in [0.1, 0.15) is 0 Å². The number of amides is 1. The molecule has 1 unspecified atom stereocenters. The van der Waals surface area contributed by atoms with Gasteiger partial charge in [-0.25, -0.2) is 8.42 Å². The van der Waals surface area contributed by atoms with E-state index in [4.69, 9.17) is 5.73 Å². The summed E-state index contributed by atoms with van der Waals surface area (Å²) in [5, 5.41) is 2.77. The highest BCUT2D eigenvalue weighted by atomic mass is 32.2. The predicted octanol–water partition coefficient (Wildman–Crippen LogP) is -0.240. The number of sulfone groups is 1. The summed E-state index contributed by atoms with van der Waals surface area (Å²) in [6, 6.07) is -0.553. The number of hydrogen-bond donors (Lipinski definition) is 2. The number of hydrogen-bond acceptors (Lipinski definition) is 5. The summed E-state index contributed by atoms with van der Waals surface area (Å²) in [6.45, 7) is 1.76. The second kappa shape index (κ2) is 5.58. The first-order valence-electron chi connectivity index (χ1n) is 5.55. The van der Waals surface area contributed by atoms with Gasteiger partial charge in [0.2, 0.25) is 5.91 Å². The number of nitrogens with one attached hydrogen (secondary N) is 1. The van der Waals surface area contributed by atoms with Crippen molar-refractivity contribution in [3.8, 4) is 0 Å².